The summed E-state index contributed by atoms with van der Waals surface area (Å²) in [6, 6.07) is 0.714. The molecule has 0 bridgehead atoms. The van der Waals surface area contributed by atoms with Gasteiger partial charge in [0.05, 0.1) is 25.4 Å². The minimum Gasteiger partial charge on any atom is -0.389 e. The number of aliphatic hydroxyl groups excluding tert-OH is 1. The van der Waals surface area contributed by atoms with Gasteiger partial charge in [-0.05, 0) is 25.9 Å². The molecule has 0 aliphatic carbocycles. The Balaban J connectivity index is 1.75. The van der Waals surface area contributed by atoms with Crippen molar-refractivity contribution in [3.05, 3.63) is 0 Å². The summed E-state index contributed by atoms with van der Waals surface area (Å²) in [5.41, 5.74) is 0. The van der Waals surface area contributed by atoms with Crippen LogP contribution in [0.5, 0.6) is 0 Å². The van der Waals surface area contributed by atoms with Crippen molar-refractivity contribution in [3.63, 3.8) is 0 Å². The lowest BCUT2D eigenvalue weighted by molar-refractivity contribution is 0.120. The summed E-state index contributed by atoms with van der Waals surface area (Å²) in [6.45, 7) is 3.32. The Hall–Kier alpha value is -0.160. The van der Waals surface area contributed by atoms with E-state index < -0.39 is 0 Å². The van der Waals surface area contributed by atoms with Gasteiger partial charge in [0.15, 0.2) is 0 Å². The monoisotopic (exact) mass is 186 g/mol. The second kappa shape index (κ2) is 4.37. The highest BCUT2D eigenvalue weighted by Crippen LogP contribution is 2.09. The molecule has 2 fully saturated rings. The van der Waals surface area contributed by atoms with Crippen molar-refractivity contribution in [2.45, 2.75) is 31.0 Å². The van der Waals surface area contributed by atoms with Crippen molar-refractivity contribution in [2.75, 3.05) is 26.3 Å². The molecule has 4 nitrogen and oxygen atoms in total. The third-order valence-electron chi connectivity index (χ3n) is 2.84. The van der Waals surface area contributed by atoms with Crippen molar-refractivity contribution in [3.8, 4) is 0 Å². The first kappa shape index (κ1) is 9.40. The summed E-state index contributed by atoms with van der Waals surface area (Å²) >= 11 is 0. The van der Waals surface area contributed by atoms with E-state index in [1.165, 1.54) is 0 Å². The van der Waals surface area contributed by atoms with Crippen LogP contribution < -0.4 is 10.6 Å². The molecule has 3 N–H and O–H groups in total. The Labute approximate surface area is 78.7 Å². The predicted molar refractivity (Wildman–Crippen MR) is 49.6 cm³/mol. The zero-order valence-corrected chi connectivity index (χ0v) is 7.83. The molecule has 0 aromatic carbocycles. The van der Waals surface area contributed by atoms with Gasteiger partial charge < -0.3 is 20.5 Å². The number of piperidine rings is 1. The van der Waals surface area contributed by atoms with Gasteiger partial charge in [0, 0.05) is 6.04 Å². The molecule has 0 saturated carbocycles. The van der Waals surface area contributed by atoms with Crippen LogP contribution in [0.3, 0.4) is 0 Å². The van der Waals surface area contributed by atoms with Crippen LogP contribution >= 0.6 is 0 Å². The SMILES string of the molecule is O[C@@H]1COC[C@H]1NC1CCNCC1. The number of aliphatic hydroxyl groups is 1. The van der Waals surface area contributed by atoms with Crippen molar-refractivity contribution in [2.24, 2.45) is 0 Å². The minimum atomic E-state index is -0.310. The fraction of sp³-hybridized carbons (Fsp3) is 1.00. The Kier molecular flexibility index (Phi) is 3.16. The van der Waals surface area contributed by atoms with Gasteiger partial charge in [0.25, 0.3) is 0 Å². The highest BCUT2D eigenvalue weighted by molar-refractivity contribution is 4.85. The minimum absolute atomic E-state index is 0.156. The largest absolute Gasteiger partial charge is 0.389 e. The van der Waals surface area contributed by atoms with Crippen LogP contribution in [0.1, 0.15) is 12.8 Å². The molecule has 0 unspecified atom stereocenters. The maximum atomic E-state index is 9.52. The molecule has 2 aliphatic rings. The van der Waals surface area contributed by atoms with Gasteiger partial charge in [-0.25, -0.2) is 0 Å². The Bertz CT molecular complexity index is 160. The van der Waals surface area contributed by atoms with Crippen molar-refractivity contribution < 1.29 is 9.84 Å². The summed E-state index contributed by atoms with van der Waals surface area (Å²) < 4.78 is 5.18. The summed E-state index contributed by atoms with van der Waals surface area (Å²) in [5.74, 6) is 0. The fourth-order valence-electron chi connectivity index (χ4n) is 1.99. The fourth-order valence-corrected chi connectivity index (χ4v) is 1.99. The van der Waals surface area contributed by atoms with E-state index in [1.807, 2.05) is 0 Å². The second-order valence-corrected chi connectivity index (χ2v) is 3.90. The topological polar surface area (TPSA) is 53.5 Å². The zero-order valence-electron chi connectivity index (χ0n) is 7.83. The summed E-state index contributed by atoms with van der Waals surface area (Å²) in [7, 11) is 0. The first-order valence-electron chi connectivity index (χ1n) is 5.09. The molecular weight excluding hydrogens is 168 g/mol. The molecule has 76 valence electrons. The van der Waals surface area contributed by atoms with Gasteiger partial charge >= 0.3 is 0 Å². The molecule has 0 aromatic rings. The first-order chi connectivity index (χ1) is 6.36. The van der Waals surface area contributed by atoms with E-state index in [0.29, 0.717) is 19.3 Å². The van der Waals surface area contributed by atoms with E-state index in [0.717, 1.165) is 25.9 Å². The zero-order chi connectivity index (χ0) is 9.10. The second-order valence-electron chi connectivity index (χ2n) is 3.90. The van der Waals surface area contributed by atoms with Gasteiger partial charge in [-0.3, -0.25) is 0 Å². The molecule has 2 rings (SSSR count). The van der Waals surface area contributed by atoms with Crippen LogP contribution in [0, 0.1) is 0 Å². The number of rotatable bonds is 2. The molecular formula is C9H18N2O2. The van der Waals surface area contributed by atoms with Crippen molar-refractivity contribution >= 4 is 0 Å². The standard InChI is InChI=1S/C9H18N2O2/c12-9-6-13-5-8(9)11-7-1-3-10-4-2-7/h7-12H,1-6H2/t8-,9-/m1/s1. The average molecular weight is 186 g/mol. The smallest absolute Gasteiger partial charge is 0.0948 e. The number of hydrogen-bond donors (Lipinski definition) is 3. The third-order valence-corrected chi connectivity index (χ3v) is 2.84. The summed E-state index contributed by atoms with van der Waals surface area (Å²) in [6.07, 6.45) is 2.00. The van der Waals surface area contributed by atoms with E-state index in [9.17, 15) is 5.11 Å². The van der Waals surface area contributed by atoms with Crippen LogP contribution in [0.4, 0.5) is 0 Å². The molecule has 2 atom stereocenters. The Morgan fingerprint density at radius 3 is 2.62 bits per heavy atom. The van der Waals surface area contributed by atoms with Crippen LogP contribution in [-0.4, -0.2) is 49.6 Å². The predicted octanol–water partition coefficient (Wildman–Crippen LogP) is -0.912. The normalized spacial score (nSPS) is 36.7. The first-order valence-corrected chi connectivity index (χ1v) is 5.09. The summed E-state index contributed by atoms with van der Waals surface area (Å²) in [4.78, 5) is 0. The molecule has 2 aliphatic heterocycles. The van der Waals surface area contributed by atoms with Crippen molar-refractivity contribution in [1.29, 1.82) is 0 Å². The Morgan fingerprint density at radius 2 is 2.00 bits per heavy atom. The van der Waals surface area contributed by atoms with Crippen LogP contribution in [0.25, 0.3) is 0 Å². The summed E-state index contributed by atoms with van der Waals surface area (Å²) in [5, 5.41) is 16.3. The number of nitrogens with one attached hydrogen (secondary N) is 2. The van der Waals surface area contributed by atoms with Crippen LogP contribution in [0.2, 0.25) is 0 Å². The number of hydrogen-bond acceptors (Lipinski definition) is 4. The van der Waals surface area contributed by atoms with Gasteiger partial charge in [-0.1, -0.05) is 0 Å². The van der Waals surface area contributed by atoms with E-state index in [4.69, 9.17) is 4.74 Å². The maximum Gasteiger partial charge on any atom is 0.0948 e. The maximum absolute atomic E-state index is 9.52. The lowest BCUT2D eigenvalue weighted by Crippen LogP contribution is -2.48. The molecule has 2 heterocycles. The van der Waals surface area contributed by atoms with Crippen molar-refractivity contribution in [1.82, 2.24) is 10.6 Å². The molecule has 0 amide bonds. The molecule has 0 spiro atoms. The van der Waals surface area contributed by atoms with Gasteiger partial charge in [-0.15, -0.1) is 0 Å². The van der Waals surface area contributed by atoms with Gasteiger partial charge in [-0.2, -0.15) is 0 Å². The lowest BCUT2D eigenvalue weighted by atomic mass is 10.0. The average Bonchev–Trinajstić information content (AvgIpc) is 2.54. The Morgan fingerprint density at radius 1 is 1.23 bits per heavy atom. The molecule has 2 saturated heterocycles. The molecule has 0 aromatic heterocycles. The van der Waals surface area contributed by atoms with E-state index in [1.54, 1.807) is 0 Å². The van der Waals surface area contributed by atoms with Gasteiger partial charge in [0.2, 0.25) is 0 Å². The quantitative estimate of drug-likeness (QED) is 0.522. The van der Waals surface area contributed by atoms with E-state index in [2.05, 4.69) is 10.6 Å². The molecule has 4 heteroatoms. The lowest BCUT2D eigenvalue weighted by Gasteiger charge is -2.27. The molecule has 13 heavy (non-hydrogen) atoms. The van der Waals surface area contributed by atoms with E-state index >= 15 is 0 Å². The highest BCUT2D eigenvalue weighted by Gasteiger charge is 2.28. The molecule has 0 radical (unpaired) electrons. The van der Waals surface area contributed by atoms with Crippen LogP contribution in [-0.2, 0) is 4.74 Å². The highest BCUT2D eigenvalue weighted by atomic mass is 16.5. The number of ether oxygens (including phenoxy) is 1. The van der Waals surface area contributed by atoms with Gasteiger partial charge in [0.1, 0.15) is 0 Å². The third kappa shape index (κ3) is 2.40. The van der Waals surface area contributed by atoms with Crippen LogP contribution in [0.15, 0.2) is 0 Å². The van der Waals surface area contributed by atoms with E-state index in [-0.39, 0.29) is 12.1 Å².